The highest BCUT2D eigenvalue weighted by atomic mass is 16.5. The van der Waals surface area contributed by atoms with Crippen molar-refractivity contribution in [2.45, 2.75) is 33.9 Å². The summed E-state index contributed by atoms with van der Waals surface area (Å²) in [6.45, 7) is 7.47. The van der Waals surface area contributed by atoms with Gasteiger partial charge in [-0.3, -0.25) is 0 Å². The molecule has 0 spiro atoms. The number of hydrogen-bond acceptors (Lipinski definition) is 9. The number of fused-ring (bicyclic) bond motifs is 3. The molecule has 0 radical (unpaired) electrons. The number of rotatable bonds is 11. The number of hydrogen-bond donors (Lipinski definition) is 1. The zero-order valence-electron chi connectivity index (χ0n) is 23.5. The number of carbonyl (C=O) groups is 1. The number of ether oxygens (including phenoxy) is 3. The van der Waals surface area contributed by atoms with Crippen molar-refractivity contribution in [1.82, 2.24) is 19.7 Å². The molecule has 0 aliphatic heterocycles. The Balaban J connectivity index is 1.25. The number of nitrogens with one attached hydrogen (secondary N) is 1. The van der Waals surface area contributed by atoms with Gasteiger partial charge in [0.05, 0.1) is 31.0 Å². The zero-order chi connectivity index (χ0) is 28.8. The predicted molar refractivity (Wildman–Crippen MR) is 159 cm³/mol. The van der Waals surface area contributed by atoms with E-state index in [0.717, 1.165) is 39.7 Å². The summed E-state index contributed by atoms with van der Waals surface area (Å²) in [5.74, 6) is 1.55. The van der Waals surface area contributed by atoms with Crippen LogP contribution in [0.15, 0.2) is 71.8 Å². The largest absolute Gasteiger partial charge is 0.496 e. The summed E-state index contributed by atoms with van der Waals surface area (Å²) in [4.78, 5) is 16.8. The molecule has 2 aromatic heterocycles. The van der Waals surface area contributed by atoms with Gasteiger partial charge in [0.25, 0.3) is 5.95 Å². The topological polar surface area (TPSA) is 113 Å². The second kappa shape index (κ2) is 12.5. The average Bonchev–Trinajstić information content (AvgIpc) is 3.32. The minimum Gasteiger partial charge on any atom is -0.496 e. The molecule has 0 unspecified atom stereocenters. The summed E-state index contributed by atoms with van der Waals surface area (Å²) in [5, 5.41) is 13.9. The Labute approximate surface area is 238 Å². The fraction of sp³-hybridized carbons (Fsp3) is 0.258. The summed E-state index contributed by atoms with van der Waals surface area (Å²) < 4.78 is 18.9. The normalized spacial score (nSPS) is 11.4. The Kier molecular flexibility index (Phi) is 8.38. The van der Waals surface area contributed by atoms with Crippen LogP contribution in [0.25, 0.3) is 22.1 Å². The van der Waals surface area contributed by atoms with Gasteiger partial charge in [-0.1, -0.05) is 32.0 Å². The molecule has 0 saturated carbocycles. The molecule has 5 aromatic rings. The van der Waals surface area contributed by atoms with E-state index < -0.39 is 0 Å². The quantitative estimate of drug-likeness (QED) is 0.123. The van der Waals surface area contributed by atoms with E-state index in [-0.39, 0.29) is 18.5 Å². The van der Waals surface area contributed by atoms with Gasteiger partial charge in [-0.15, -0.1) is 10.2 Å². The van der Waals surface area contributed by atoms with Gasteiger partial charge in [-0.25, -0.2) is 10.2 Å². The molecule has 10 nitrogen and oxygen atoms in total. The minimum absolute atomic E-state index is 0.265. The first kappa shape index (κ1) is 27.6. The van der Waals surface area contributed by atoms with E-state index in [2.05, 4.69) is 43.3 Å². The lowest BCUT2D eigenvalue weighted by molar-refractivity contribution is 0.0459. The number of methoxy groups -OCH3 is 1. The van der Waals surface area contributed by atoms with Gasteiger partial charge in [-0.2, -0.15) is 10.1 Å². The molecule has 210 valence electrons. The van der Waals surface area contributed by atoms with Crippen molar-refractivity contribution < 1.29 is 19.0 Å². The van der Waals surface area contributed by atoms with Crippen LogP contribution in [0.2, 0.25) is 0 Å². The van der Waals surface area contributed by atoms with Gasteiger partial charge in [0.15, 0.2) is 5.65 Å². The molecule has 1 N–H and O–H groups in total. The SMILES string of the molecule is CCn1c2ccccc2c2nnc(N/N=C/c3ccc(OC)c(COc4ccc(C(=O)OCC(C)C)cc4)c3)nc21. The van der Waals surface area contributed by atoms with Crippen LogP contribution in [0.1, 0.15) is 42.3 Å². The lowest BCUT2D eigenvalue weighted by atomic mass is 10.1. The van der Waals surface area contributed by atoms with E-state index in [0.29, 0.717) is 29.6 Å². The number of carbonyl (C=O) groups excluding carboxylic acids is 1. The molecule has 10 heteroatoms. The molecular formula is C31H32N6O4. The molecule has 0 fully saturated rings. The van der Waals surface area contributed by atoms with E-state index in [9.17, 15) is 4.79 Å². The van der Waals surface area contributed by atoms with Crippen molar-refractivity contribution in [3.63, 3.8) is 0 Å². The number of para-hydroxylation sites is 1. The lowest BCUT2D eigenvalue weighted by Gasteiger charge is -2.12. The zero-order valence-corrected chi connectivity index (χ0v) is 23.5. The van der Waals surface area contributed by atoms with Crippen molar-refractivity contribution in [3.05, 3.63) is 83.4 Å². The van der Waals surface area contributed by atoms with E-state index in [1.54, 1.807) is 37.6 Å². The first-order valence-corrected chi connectivity index (χ1v) is 13.4. The van der Waals surface area contributed by atoms with E-state index in [1.165, 1.54) is 0 Å². The summed E-state index contributed by atoms with van der Waals surface area (Å²) in [6, 6.07) is 20.6. The molecule has 0 amide bonds. The Bertz CT molecular complexity index is 1700. The Morgan fingerprint density at radius 3 is 2.63 bits per heavy atom. The van der Waals surface area contributed by atoms with E-state index in [4.69, 9.17) is 14.2 Å². The lowest BCUT2D eigenvalue weighted by Crippen LogP contribution is -2.10. The van der Waals surface area contributed by atoms with Crippen molar-refractivity contribution in [3.8, 4) is 11.5 Å². The van der Waals surface area contributed by atoms with Crippen molar-refractivity contribution in [2.24, 2.45) is 11.0 Å². The number of aromatic nitrogens is 4. The maximum absolute atomic E-state index is 12.2. The molecule has 0 aliphatic rings. The summed E-state index contributed by atoms with van der Waals surface area (Å²) >= 11 is 0. The molecule has 41 heavy (non-hydrogen) atoms. The van der Waals surface area contributed by atoms with Crippen LogP contribution in [0.5, 0.6) is 11.5 Å². The number of nitrogens with zero attached hydrogens (tertiary/aromatic N) is 5. The molecular weight excluding hydrogens is 520 g/mol. The van der Waals surface area contributed by atoms with E-state index in [1.807, 2.05) is 50.2 Å². The molecule has 0 bridgehead atoms. The third-order valence-electron chi connectivity index (χ3n) is 6.40. The maximum Gasteiger partial charge on any atom is 0.338 e. The van der Waals surface area contributed by atoms with Crippen LogP contribution < -0.4 is 14.9 Å². The van der Waals surface area contributed by atoms with Crippen molar-refractivity contribution in [1.29, 1.82) is 0 Å². The minimum atomic E-state index is -0.346. The summed E-state index contributed by atoms with van der Waals surface area (Å²) in [5.41, 5.74) is 7.62. The Morgan fingerprint density at radius 1 is 1.07 bits per heavy atom. The van der Waals surface area contributed by atoms with Crippen molar-refractivity contribution in [2.75, 3.05) is 19.1 Å². The first-order valence-electron chi connectivity index (χ1n) is 13.4. The third kappa shape index (κ3) is 6.27. The molecule has 2 heterocycles. The second-order valence-electron chi connectivity index (χ2n) is 9.82. The van der Waals surface area contributed by atoms with Crippen molar-refractivity contribution >= 4 is 40.2 Å². The standard InChI is InChI=1S/C31H32N6O4/c1-5-37-26-9-7-6-8-25(26)28-29(37)33-31(36-34-28)35-32-17-21-10-15-27(39-4)23(16-21)19-40-24-13-11-22(12-14-24)30(38)41-18-20(2)3/h6-17,20H,5,18-19H2,1-4H3,(H,33,35,36)/b32-17+. The van der Waals surface area contributed by atoms with Crippen LogP contribution in [0, 0.1) is 5.92 Å². The first-order chi connectivity index (χ1) is 20.0. The molecule has 0 aliphatic carbocycles. The smallest absolute Gasteiger partial charge is 0.338 e. The van der Waals surface area contributed by atoms with Crippen LogP contribution in [-0.2, 0) is 17.9 Å². The van der Waals surface area contributed by atoms with Gasteiger partial charge >= 0.3 is 5.97 Å². The van der Waals surface area contributed by atoms with Crippen LogP contribution in [-0.4, -0.2) is 45.6 Å². The highest BCUT2D eigenvalue weighted by molar-refractivity contribution is 6.04. The summed E-state index contributed by atoms with van der Waals surface area (Å²) in [7, 11) is 1.61. The van der Waals surface area contributed by atoms with Crippen LogP contribution in [0.3, 0.4) is 0 Å². The number of aryl methyl sites for hydroxylation is 1. The fourth-order valence-electron chi connectivity index (χ4n) is 4.40. The highest BCUT2D eigenvalue weighted by Gasteiger charge is 2.13. The predicted octanol–water partition coefficient (Wildman–Crippen LogP) is 5.85. The number of anilines is 1. The molecule has 5 rings (SSSR count). The Morgan fingerprint density at radius 2 is 1.88 bits per heavy atom. The number of esters is 1. The average molecular weight is 553 g/mol. The monoisotopic (exact) mass is 552 g/mol. The van der Waals surface area contributed by atoms with Gasteiger partial charge in [-0.05, 0) is 66.9 Å². The third-order valence-corrected chi connectivity index (χ3v) is 6.40. The summed E-state index contributed by atoms with van der Waals surface area (Å²) in [6.07, 6.45) is 1.67. The van der Waals surface area contributed by atoms with Gasteiger partial charge < -0.3 is 18.8 Å². The molecule has 0 atom stereocenters. The van der Waals surface area contributed by atoms with Crippen LogP contribution in [0.4, 0.5) is 5.95 Å². The van der Waals surface area contributed by atoms with Gasteiger partial charge in [0.2, 0.25) is 0 Å². The second-order valence-corrected chi connectivity index (χ2v) is 9.82. The van der Waals surface area contributed by atoms with Gasteiger partial charge in [0, 0.05) is 17.5 Å². The maximum atomic E-state index is 12.2. The molecule has 0 saturated heterocycles. The Hall–Kier alpha value is -4.99. The van der Waals surface area contributed by atoms with E-state index >= 15 is 0 Å². The van der Waals surface area contributed by atoms with Crippen LogP contribution >= 0.6 is 0 Å². The highest BCUT2D eigenvalue weighted by Crippen LogP contribution is 2.26. The number of benzene rings is 3. The molecule has 3 aromatic carbocycles. The fourth-order valence-corrected chi connectivity index (χ4v) is 4.40. The van der Waals surface area contributed by atoms with Gasteiger partial charge in [0.1, 0.15) is 23.6 Å². The number of hydrazone groups is 1.